The van der Waals surface area contributed by atoms with Gasteiger partial charge in [0.2, 0.25) is 0 Å². The fraction of sp³-hybridized carbons (Fsp3) is 0.0690. The summed E-state index contributed by atoms with van der Waals surface area (Å²) in [5.41, 5.74) is 4.04. The predicted molar refractivity (Wildman–Crippen MR) is 148 cm³/mol. The molecule has 0 saturated carbocycles. The van der Waals surface area contributed by atoms with Crippen LogP contribution in [0.2, 0.25) is 0 Å². The van der Waals surface area contributed by atoms with Crippen LogP contribution >= 0.6 is 0 Å². The van der Waals surface area contributed by atoms with E-state index < -0.39 is 21.9 Å². The van der Waals surface area contributed by atoms with E-state index in [1.807, 2.05) is 6.92 Å². The molecule has 0 atom stereocenters. The highest BCUT2D eigenvalue weighted by Gasteiger charge is 2.15. The SMILES string of the molecule is CCOc1cc(/C=N\NC(=O)c2ccc(NS(=O)(=O)c3ccccc3)cc2)ccc1OC(=O)c1ccccc1. The molecule has 0 bridgehead atoms. The number of hydrazone groups is 1. The van der Waals surface area contributed by atoms with Crippen LogP contribution in [0.4, 0.5) is 5.69 Å². The Balaban J connectivity index is 1.37. The lowest BCUT2D eigenvalue weighted by molar-refractivity contribution is 0.0728. The van der Waals surface area contributed by atoms with Gasteiger partial charge in [-0.2, -0.15) is 5.10 Å². The molecule has 4 rings (SSSR count). The number of nitrogens with zero attached hydrogens (tertiary/aromatic N) is 1. The van der Waals surface area contributed by atoms with Crippen LogP contribution in [0.25, 0.3) is 0 Å². The second-order valence-corrected chi connectivity index (χ2v) is 9.77. The van der Waals surface area contributed by atoms with Gasteiger partial charge in [-0.3, -0.25) is 9.52 Å². The summed E-state index contributed by atoms with van der Waals surface area (Å²) < 4.78 is 38.5. The Hall–Kier alpha value is -4.96. The van der Waals surface area contributed by atoms with Crippen molar-refractivity contribution in [1.82, 2.24) is 5.43 Å². The van der Waals surface area contributed by atoms with E-state index in [4.69, 9.17) is 9.47 Å². The van der Waals surface area contributed by atoms with Crippen LogP contribution in [0.5, 0.6) is 11.5 Å². The van der Waals surface area contributed by atoms with Crippen LogP contribution in [-0.4, -0.2) is 33.1 Å². The minimum absolute atomic E-state index is 0.135. The van der Waals surface area contributed by atoms with E-state index in [9.17, 15) is 18.0 Å². The lowest BCUT2D eigenvalue weighted by atomic mass is 10.2. The van der Waals surface area contributed by atoms with Gasteiger partial charge in [0, 0.05) is 11.3 Å². The first-order valence-electron chi connectivity index (χ1n) is 11.9. The fourth-order valence-corrected chi connectivity index (χ4v) is 4.50. The van der Waals surface area contributed by atoms with E-state index in [1.54, 1.807) is 66.7 Å². The molecule has 0 saturated heterocycles. The van der Waals surface area contributed by atoms with Crippen molar-refractivity contribution in [2.24, 2.45) is 5.10 Å². The van der Waals surface area contributed by atoms with Crippen molar-refractivity contribution in [2.75, 3.05) is 11.3 Å². The molecule has 9 nitrogen and oxygen atoms in total. The van der Waals surface area contributed by atoms with Crippen molar-refractivity contribution < 1.29 is 27.5 Å². The molecule has 0 spiro atoms. The monoisotopic (exact) mass is 543 g/mol. The Kier molecular flexibility index (Phi) is 8.70. The first-order valence-corrected chi connectivity index (χ1v) is 13.4. The first kappa shape index (κ1) is 27.1. The molecule has 0 heterocycles. The van der Waals surface area contributed by atoms with Gasteiger partial charge in [0.05, 0.1) is 23.3 Å². The van der Waals surface area contributed by atoms with E-state index in [0.717, 1.165) is 0 Å². The third-order valence-corrected chi connectivity index (χ3v) is 6.71. The highest BCUT2D eigenvalue weighted by molar-refractivity contribution is 7.92. The molecule has 4 aromatic carbocycles. The largest absolute Gasteiger partial charge is 0.490 e. The zero-order chi connectivity index (χ0) is 27.7. The van der Waals surface area contributed by atoms with E-state index in [1.165, 1.54) is 42.6 Å². The number of hydrogen-bond acceptors (Lipinski definition) is 7. The Labute approximate surface area is 226 Å². The fourth-order valence-electron chi connectivity index (χ4n) is 3.42. The molecule has 10 heteroatoms. The molecule has 0 aliphatic rings. The highest BCUT2D eigenvalue weighted by Crippen LogP contribution is 2.29. The molecular weight excluding hydrogens is 518 g/mol. The molecular formula is C29H25N3O6S. The molecule has 198 valence electrons. The van der Waals surface area contributed by atoms with Crippen LogP contribution in [0.3, 0.4) is 0 Å². The normalized spacial score (nSPS) is 11.1. The van der Waals surface area contributed by atoms with Crippen molar-refractivity contribution in [3.63, 3.8) is 0 Å². The number of anilines is 1. The van der Waals surface area contributed by atoms with Gasteiger partial charge in [-0.15, -0.1) is 0 Å². The third-order valence-electron chi connectivity index (χ3n) is 5.31. The molecule has 0 radical (unpaired) electrons. The summed E-state index contributed by atoms with van der Waals surface area (Å²) in [5.74, 6) is -0.383. The Bertz CT molecular complexity index is 1570. The van der Waals surface area contributed by atoms with Crippen LogP contribution in [0, 0.1) is 0 Å². The van der Waals surface area contributed by atoms with E-state index in [-0.39, 0.29) is 16.2 Å². The highest BCUT2D eigenvalue weighted by atomic mass is 32.2. The minimum atomic E-state index is -3.74. The summed E-state index contributed by atoms with van der Waals surface area (Å²) in [4.78, 5) is 25.0. The molecule has 0 unspecified atom stereocenters. The topological polar surface area (TPSA) is 123 Å². The maximum absolute atomic E-state index is 12.5. The maximum atomic E-state index is 12.5. The average Bonchev–Trinajstić information content (AvgIpc) is 2.95. The maximum Gasteiger partial charge on any atom is 0.343 e. The zero-order valence-electron chi connectivity index (χ0n) is 20.9. The number of benzene rings is 4. The summed E-state index contributed by atoms with van der Waals surface area (Å²) in [5, 5.41) is 3.98. The van der Waals surface area contributed by atoms with E-state index >= 15 is 0 Å². The van der Waals surface area contributed by atoms with Crippen LogP contribution < -0.4 is 19.6 Å². The van der Waals surface area contributed by atoms with Crippen LogP contribution in [0.15, 0.2) is 113 Å². The van der Waals surface area contributed by atoms with Crippen molar-refractivity contribution in [2.45, 2.75) is 11.8 Å². The van der Waals surface area contributed by atoms with Gasteiger partial charge >= 0.3 is 5.97 Å². The number of amides is 1. The first-order chi connectivity index (χ1) is 18.9. The van der Waals surface area contributed by atoms with Gasteiger partial charge in [0.1, 0.15) is 0 Å². The number of rotatable bonds is 10. The quantitative estimate of drug-likeness (QED) is 0.127. The summed E-state index contributed by atoms with van der Waals surface area (Å²) in [6, 6.07) is 27.4. The summed E-state index contributed by atoms with van der Waals surface area (Å²) in [6.07, 6.45) is 1.42. The number of nitrogens with one attached hydrogen (secondary N) is 2. The van der Waals surface area contributed by atoms with E-state index in [2.05, 4.69) is 15.2 Å². The number of hydrogen-bond donors (Lipinski definition) is 2. The predicted octanol–water partition coefficient (Wildman–Crippen LogP) is 4.87. The molecule has 0 aliphatic carbocycles. The molecule has 39 heavy (non-hydrogen) atoms. The summed E-state index contributed by atoms with van der Waals surface area (Å²) in [7, 11) is -3.74. The number of carbonyl (C=O) groups excluding carboxylic acids is 2. The van der Waals surface area contributed by atoms with Gasteiger partial charge in [0.25, 0.3) is 15.9 Å². The van der Waals surface area contributed by atoms with Gasteiger partial charge in [-0.05, 0) is 79.2 Å². The molecule has 2 N–H and O–H groups in total. The van der Waals surface area contributed by atoms with E-state index in [0.29, 0.717) is 29.2 Å². The molecule has 1 amide bonds. The van der Waals surface area contributed by atoms with Gasteiger partial charge < -0.3 is 9.47 Å². The Morgan fingerprint density at radius 1 is 0.821 bits per heavy atom. The standard InChI is InChI=1S/C29H25N3O6S/c1-2-37-27-19-21(13-18-26(27)38-29(34)23-9-5-3-6-10-23)20-30-31-28(33)22-14-16-24(17-15-22)32-39(35,36)25-11-7-4-8-12-25/h3-20,32H,2H2,1H3,(H,31,33)/b30-20-. The Morgan fingerprint density at radius 2 is 1.49 bits per heavy atom. The lowest BCUT2D eigenvalue weighted by Gasteiger charge is -2.11. The lowest BCUT2D eigenvalue weighted by Crippen LogP contribution is -2.18. The van der Waals surface area contributed by atoms with Gasteiger partial charge in [0.15, 0.2) is 11.5 Å². The van der Waals surface area contributed by atoms with Crippen LogP contribution in [0.1, 0.15) is 33.2 Å². The zero-order valence-corrected chi connectivity index (χ0v) is 21.7. The van der Waals surface area contributed by atoms with Gasteiger partial charge in [-0.1, -0.05) is 36.4 Å². The van der Waals surface area contributed by atoms with Gasteiger partial charge in [-0.25, -0.2) is 18.6 Å². The number of ether oxygens (including phenoxy) is 2. The van der Waals surface area contributed by atoms with Crippen molar-refractivity contribution in [1.29, 1.82) is 0 Å². The van der Waals surface area contributed by atoms with Crippen molar-refractivity contribution >= 4 is 33.8 Å². The number of carbonyl (C=O) groups is 2. The third kappa shape index (κ3) is 7.30. The second kappa shape index (κ2) is 12.5. The van der Waals surface area contributed by atoms with Crippen LogP contribution in [-0.2, 0) is 10.0 Å². The average molecular weight is 544 g/mol. The summed E-state index contributed by atoms with van der Waals surface area (Å²) >= 11 is 0. The van der Waals surface area contributed by atoms with Crippen molar-refractivity contribution in [3.05, 3.63) is 120 Å². The summed E-state index contributed by atoms with van der Waals surface area (Å²) in [6.45, 7) is 2.16. The molecule has 0 fully saturated rings. The molecule has 0 aliphatic heterocycles. The molecule has 4 aromatic rings. The second-order valence-electron chi connectivity index (χ2n) is 8.09. The Morgan fingerprint density at radius 3 is 2.15 bits per heavy atom. The number of esters is 1. The van der Waals surface area contributed by atoms with Crippen molar-refractivity contribution in [3.8, 4) is 11.5 Å². The number of sulfonamides is 1. The minimum Gasteiger partial charge on any atom is -0.490 e. The molecule has 0 aromatic heterocycles. The smallest absolute Gasteiger partial charge is 0.343 e.